The molecule has 0 aliphatic rings. The minimum atomic E-state index is -0.909. The first-order valence-corrected chi connectivity index (χ1v) is 6.98. The molecule has 1 aromatic heterocycles. The molecule has 2 rings (SSSR count). The van der Waals surface area contributed by atoms with Gasteiger partial charge in [-0.05, 0) is 25.1 Å². The molecule has 0 bridgehead atoms. The molecule has 7 heteroatoms. The first kappa shape index (κ1) is 14.4. The lowest BCUT2D eigenvalue weighted by Gasteiger charge is -2.08. The van der Waals surface area contributed by atoms with E-state index < -0.39 is 5.97 Å². The molecule has 2 aromatic rings. The molecule has 0 atom stereocenters. The van der Waals surface area contributed by atoms with Crippen LogP contribution in [0.4, 0.5) is 0 Å². The maximum Gasteiger partial charge on any atom is 0.313 e. The van der Waals surface area contributed by atoms with Crippen molar-refractivity contribution in [3.05, 3.63) is 40.7 Å². The second-order valence-corrected chi connectivity index (χ2v) is 5.34. The van der Waals surface area contributed by atoms with E-state index in [1.807, 2.05) is 13.0 Å². The fourth-order valence-electron chi connectivity index (χ4n) is 1.65. The van der Waals surface area contributed by atoms with Gasteiger partial charge < -0.3 is 5.11 Å². The summed E-state index contributed by atoms with van der Waals surface area (Å²) in [5.41, 5.74) is 1.90. The first-order chi connectivity index (χ1) is 9.51. The molecular weight excluding hydrogens is 298 g/mol. The van der Waals surface area contributed by atoms with Gasteiger partial charge in [-0.25, -0.2) is 4.98 Å². The zero-order valence-corrected chi connectivity index (χ0v) is 12.1. The Morgan fingerprint density at radius 1 is 1.60 bits per heavy atom. The molecule has 0 aliphatic carbocycles. The number of carboxylic acid groups (broad SMARTS) is 1. The molecule has 0 spiro atoms. The molecule has 5 nitrogen and oxygen atoms in total. The van der Waals surface area contributed by atoms with Gasteiger partial charge in [0.15, 0.2) is 5.16 Å². The molecule has 0 fully saturated rings. The first-order valence-electron chi connectivity index (χ1n) is 5.62. The Hall–Kier alpha value is -1.97. The lowest BCUT2D eigenvalue weighted by molar-refractivity contribution is -0.133. The van der Waals surface area contributed by atoms with Crippen LogP contribution in [0.25, 0.3) is 5.69 Å². The van der Waals surface area contributed by atoms with Crippen LogP contribution in [0.15, 0.2) is 29.6 Å². The van der Waals surface area contributed by atoms with Crippen LogP contribution in [-0.2, 0) is 4.79 Å². The number of halogens is 1. The molecule has 1 heterocycles. The van der Waals surface area contributed by atoms with Crippen molar-refractivity contribution in [3.63, 3.8) is 0 Å². The summed E-state index contributed by atoms with van der Waals surface area (Å²) >= 11 is 7.28. The largest absolute Gasteiger partial charge is 0.481 e. The number of aliphatic carboxylic acids is 1. The molecule has 0 aliphatic heterocycles. The van der Waals surface area contributed by atoms with Gasteiger partial charge in [0.25, 0.3) is 0 Å². The summed E-state index contributed by atoms with van der Waals surface area (Å²) in [7, 11) is 0. The van der Waals surface area contributed by atoms with Gasteiger partial charge in [-0.1, -0.05) is 23.4 Å². The third-order valence-corrected chi connectivity index (χ3v) is 3.70. The summed E-state index contributed by atoms with van der Waals surface area (Å²) in [4.78, 5) is 14.9. The normalized spacial score (nSPS) is 10.2. The van der Waals surface area contributed by atoms with Crippen molar-refractivity contribution in [2.75, 3.05) is 5.75 Å². The van der Waals surface area contributed by atoms with Crippen molar-refractivity contribution in [3.8, 4) is 11.8 Å². The Bertz CT molecular complexity index is 706. The number of nitrogens with zero attached hydrogens (tertiary/aromatic N) is 3. The molecule has 0 radical (unpaired) electrons. The van der Waals surface area contributed by atoms with E-state index in [4.69, 9.17) is 22.0 Å². The van der Waals surface area contributed by atoms with Gasteiger partial charge in [-0.2, -0.15) is 5.26 Å². The minimum absolute atomic E-state index is 0.0790. The van der Waals surface area contributed by atoms with E-state index in [0.717, 1.165) is 17.5 Å². The summed E-state index contributed by atoms with van der Waals surface area (Å²) in [6, 6.07) is 6.95. The predicted octanol–water partition coefficient (Wildman–Crippen LogP) is 2.88. The number of carbonyl (C=O) groups is 1. The highest BCUT2D eigenvalue weighted by molar-refractivity contribution is 7.99. The number of carboxylic acids is 1. The van der Waals surface area contributed by atoms with E-state index in [1.165, 1.54) is 0 Å². The highest BCUT2D eigenvalue weighted by Gasteiger charge is 2.13. The smallest absolute Gasteiger partial charge is 0.313 e. The van der Waals surface area contributed by atoms with E-state index in [9.17, 15) is 4.79 Å². The molecule has 1 aromatic carbocycles. The number of aromatic nitrogens is 2. The molecule has 0 unspecified atom stereocenters. The topological polar surface area (TPSA) is 78.9 Å². The number of nitriles is 1. The lowest BCUT2D eigenvalue weighted by Crippen LogP contribution is -2.01. The van der Waals surface area contributed by atoms with Crippen LogP contribution in [0.1, 0.15) is 11.3 Å². The second kappa shape index (κ2) is 5.99. The fraction of sp³-hybridized carbons (Fsp3) is 0.154. The van der Waals surface area contributed by atoms with Crippen molar-refractivity contribution in [1.82, 2.24) is 9.55 Å². The van der Waals surface area contributed by atoms with Crippen molar-refractivity contribution < 1.29 is 9.90 Å². The Kier molecular flexibility index (Phi) is 4.32. The maximum absolute atomic E-state index is 10.7. The Morgan fingerprint density at radius 3 is 2.95 bits per heavy atom. The van der Waals surface area contributed by atoms with E-state index in [1.54, 1.807) is 29.0 Å². The van der Waals surface area contributed by atoms with Crippen LogP contribution in [0.3, 0.4) is 0 Å². The molecule has 0 saturated carbocycles. The van der Waals surface area contributed by atoms with Gasteiger partial charge in [0.2, 0.25) is 0 Å². The molecule has 1 N–H and O–H groups in total. The SMILES string of the molecule is Cc1cn(-c2ccc(C#N)cc2Cl)c(SCC(=O)O)n1. The predicted molar refractivity (Wildman–Crippen MR) is 76.4 cm³/mol. The number of thioether (sulfide) groups is 1. The van der Waals surface area contributed by atoms with Crippen LogP contribution in [0, 0.1) is 18.3 Å². The highest BCUT2D eigenvalue weighted by Crippen LogP contribution is 2.27. The van der Waals surface area contributed by atoms with Gasteiger partial charge in [0.05, 0.1) is 33.8 Å². The van der Waals surface area contributed by atoms with Crippen molar-refractivity contribution in [2.24, 2.45) is 0 Å². The Balaban J connectivity index is 2.42. The summed E-state index contributed by atoms with van der Waals surface area (Å²) < 4.78 is 1.73. The van der Waals surface area contributed by atoms with Crippen LogP contribution in [0.5, 0.6) is 0 Å². The molecule has 20 heavy (non-hydrogen) atoms. The number of benzene rings is 1. The zero-order chi connectivity index (χ0) is 14.7. The number of rotatable bonds is 4. The lowest BCUT2D eigenvalue weighted by atomic mass is 10.2. The minimum Gasteiger partial charge on any atom is -0.481 e. The van der Waals surface area contributed by atoms with Crippen LogP contribution >= 0.6 is 23.4 Å². The molecule has 0 saturated heterocycles. The van der Waals surface area contributed by atoms with Crippen LogP contribution in [-0.4, -0.2) is 26.4 Å². The monoisotopic (exact) mass is 307 g/mol. The van der Waals surface area contributed by atoms with Crippen LogP contribution < -0.4 is 0 Å². The number of hydrogen-bond acceptors (Lipinski definition) is 4. The third-order valence-electron chi connectivity index (χ3n) is 2.46. The summed E-state index contributed by atoms with van der Waals surface area (Å²) in [5.74, 6) is -0.988. The summed E-state index contributed by atoms with van der Waals surface area (Å²) in [5, 5.41) is 18.5. The van der Waals surface area contributed by atoms with E-state index >= 15 is 0 Å². The molecule has 0 amide bonds. The van der Waals surface area contributed by atoms with Gasteiger partial charge in [0.1, 0.15) is 0 Å². The maximum atomic E-state index is 10.7. The van der Waals surface area contributed by atoms with E-state index in [-0.39, 0.29) is 5.75 Å². The van der Waals surface area contributed by atoms with E-state index in [0.29, 0.717) is 21.4 Å². The van der Waals surface area contributed by atoms with Crippen molar-refractivity contribution in [1.29, 1.82) is 5.26 Å². The molecule has 102 valence electrons. The summed E-state index contributed by atoms with van der Waals surface area (Å²) in [6.07, 6.45) is 1.78. The Morgan fingerprint density at radius 2 is 2.35 bits per heavy atom. The van der Waals surface area contributed by atoms with Gasteiger partial charge in [0, 0.05) is 6.20 Å². The van der Waals surface area contributed by atoms with Crippen molar-refractivity contribution >= 4 is 29.3 Å². The quantitative estimate of drug-likeness (QED) is 0.879. The van der Waals surface area contributed by atoms with Gasteiger partial charge >= 0.3 is 5.97 Å². The third kappa shape index (κ3) is 3.13. The average Bonchev–Trinajstić information content (AvgIpc) is 2.77. The standard InChI is InChI=1S/C13H10ClN3O2S/c1-8-6-17(13(16-8)20-7-12(18)19)11-3-2-9(5-15)4-10(11)14/h2-4,6H,7H2,1H3,(H,18,19). The summed E-state index contributed by atoms with van der Waals surface area (Å²) in [6.45, 7) is 1.82. The van der Waals surface area contributed by atoms with E-state index in [2.05, 4.69) is 4.98 Å². The number of hydrogen-bond donors (Lipinski definition) is 1. The Labute approximate surface area is 124 Å². The van der Waals surface area contributed by atoms with Gasteiger partial charge in [-0.3, -0.25) is 9.36 Å². The van der Waals surface area contributed by atoms with Crippen LogP contribution in [0.2, 0.25) is 5.02 Å². The average molecular weight is 308 g/mol. The van der Waals surface area contributed by atoms with Gasteiger partial charge in [-0.15, -0.1) is 0 Å². The number of imidazole rings is 1. The second-order valence-electron chi connectivity index (χ2n) is 4.00. The molecular formula is C13H10ClN3O2S. The highest BCUT2D eigenvalue weighted by atomic mass is 35.5. The van der Waals surface area contributed by atoms with Crippen molar-refractivity contribution in [2.45, 2.75) is 12.1 Å². The fourth-order valence-corrected chi connectivity index (χ4v) is 2.67. The number of aryl methyl sites for hydroxylation is 1. The zero-order valence-electron chi connectivity index (χ0n) is 10.5.